The molecule has 1 aromatic carbocycles. The van der Waals surface area contributed by atoms with Gasteiger partial charge in [0.2, 0.25) is 0 Å². The van der Waals surface area contributed by atoms with Crippen molar-refractivity contribution in [3.63, 3.8) is 0 Å². The molecule has 4 nitrogen and oxygen atoms in total. The topological polar surface area (TPSA) is 55.7 Å². The third-order valence-electron chi connectivity index (χ3n) is 2.20. The molecule has 0 aliphatic carbocycles. The average molecular weight is 191 g/mol. The van der Waals surface area contributed by atoms with Gasteiger partial charge in [-0.15, -0.1) is 6.58 Å². The monoisotopic (exact) mass is 191 g/mol. The predicted octanol–water partition coefficient (Wildman–Crippen LogP) is 2.22. The Morgan fingerprint density at radius 1 is 1.50 bits per heavy atom. The van der Waals surface area contributed by atoms with E-state index < -0.39 is 4.92 Å². The molecule has 2 atom stereocenters. The van der Waals surface area contributed by atoms with Gasteiger partial charge in [0.25, 0.3) is 5.69 Å². The molecule has 0 bridgehead atoms. The molecule has 1 fully saturated rings. The summed E-state index contributed by atoms with van der Waals surface area (Å²) in [6, 6.07) is 6.61. The van der Waals surface area contributed by atoms with Crippen molar-refractivity contribution < 1.29 is 9.66 Å². The van der Waals surface area contributed by atoms with Gasteiger partial charge in [-0.3, -0.25) is 10.1 Å². The van der Waals surface area contributed by atoms with Gasteiger partial charge in [-0.25, -0.2) is 0 Å². The zero-order valence-corrected chi connectivity index (χ0v) is 7.42. The molecular weight excluding hydrogens is 182 g/mol. The SMILES string of the molecule is C=CC1OC1c1ccccc1[N+](=O)[O-]. The lowest BCUT2D eigenvalue weighted by atomic mass is 10.1. The number of benzene rings is 1. The van der Waals surface area contributed by atoms with Gasteiger partial charge >= 0.3 is 0 Å². The maximum atomic E-state index is 10.7. The van der Waals surface area contributed by atoms with Crippen molar-refractivity contribution in [2.75, 3.05) is 0 Å². The molecule has 14 heavy (non-hydrogen) atoms. The molecule has 1 saturated heterocycles. The predicted molar refractivity (Wildman–Crippen MR) is 50.9 cm³/mol. The van der Waals surface area contributed by atoms with Gasteiger partial charge in [0.05, 0.1) is 10.5 Å². The van der Waals surface area contributed by atoms with E-state index in [2.05, 4.69) is 6.58 Å². The summed E-state index contributed by atoms with van der Waals surface area (Å²) in [6.45, 7) is 3.58. The maximum Gasteiger partial charge on any atom is 0.275 e. The van der Waals surface area contributed by atoms with Crippen molar-refractivity contribution in [1.29, 1.82) is 0 Å². The second kappa shape index (κ2) is 3.23. The van der Waals surface area contributed by atoms with Crippen LogP contribution in [0, 0.1) is 10.1 Å². The van der Waals surface area contributed by atoms with Crippen LogP contribution in [0.25, 0.3) is 0 Å². The van der Waals surface area contributed by atoms with Crippen LogP contribution in [0.1, 0.15) is 11.7 Å². The Labute approximate surface area is 81.0 Å². The second-order valence-electron chi connectivity index (χ2n) is 3.07. The summed E-state index contributed by atoms with van der Waals surface area (Å²) >= 11 is 0. The number of nitro groups is 1. The highest BCUT2D eigenvalue weighted by Gasteiger charge is 2.41. The van der Waals surface area contributed by atoms with Crippen LogP contribution in [0.5, 0.6) is 0 Å². The molecule has 1 aliphatic heterocycles. The van der Waals surface area contributed by atoms with E-state index in [1.54, 1.807) is 24.3 Å². The van der Waals surface area contributed by atoms with Crippen LogP contribution in [0.15, 0.2) is 36.9 Å². The van der Waals surface area contributed by atoms with E-state index in [-0.39, 0.29) is 17.9 Å². The highest BCUT2D eigenvalue weighted by Crippen LogP contribution is 2.42. The Bertz CT molecular complexity index is 389. The summed E-state index contributed by atoms with van der Waals surface area (Å²) < 4.78 is 5.22. The Balaban J connectivity index is 2.34. The quantitative estimate of drug-likeness (QED) is 0.318. The first-order valence-corrected chi connectivity index (χ1v) is 4.25. The Morgan fingerprint density at radius 2 is 2.21 bits per heavy atom. The van der Waals surface area contributed by atoms with Gasteiger partial charge in [0, 0.05) is 6.07 Å². The van der Waals surface area contributed by atoms with Crippen molar-refractivity contribution in [2.24, 2.45) is 0 Å². The van der Waals surface area contributed by atoms with Crippen molar-refractivity contribution in [1.82, 2.24) is 0 Å². The molecule has 1 heterocycles. The Morgan fingerprint density at radius 3 is 2.79 bits per heavy atom. The minimum Gasteiger partial charge on any atom is -0.360 e. The molecular formula is C10H9NO3. The zero-order valence-electron chi connectivity index (χ0n) is 7.42. The van der Waals surface area contributed by atoms with E-state index in [0.717, 1.165) is 0 Å². The van der Waals surface area contributed by atoms with E-state index in [0.29, 0.717) is 5.56 Å². The van der Waals surface area contributed by atoms with Crippen LogP contribution in [0.2, 0.25) is 0 Å². The van der Waals surface area contributed by atoms with Crippen LogP contribution in [0.3, 0.4) is 0 Å². The van der Waals surface area contributed by atoms with E-state index in [9.17, 15) is 10.1 Å². The third-order valence-corrected chi connectivity index (χ3v) is 2.20. The first-order chi connectivity index (χ1) is 6.74. The molecule has 0 amide bonds. The fraction of sp³-hybridized carbons (Fsp3) is 0.200. The van der Waals surface area contributed by atoms with Gasteiger partial charge in [0.1, 0.15) is 12.2 Å². The molecule has 1 aliphatic rings. The van der Waals surface area contributed by atoms with Crippen molar-refractivity contribution in [3.8, 4) is 0 Å². The van der Waals surface area contributed by atoms with Crippen molar-refractivity contribution >= 4 is 5.69 Å². The zero-order chi connectivity index (χ0) is 10.1. The molecule has 2 unspecified atom stereocenters. The average Bonchev–Trinajstić information content (AvgIpc) is 2.96. The number of hydrogen-bond donors (Lipinski definition) is 0. The standard InChI is InChI=1S/C10H9NO3/c1-2-9-10(14-9)7-5-3-4-6-8(7)11(12)13/h2-6,9-10H,1H2. The number of hydrogen-bond acceptors (Lipinski definition) is 3. The summed E-state index contributed by atoms with van der Waals surface area (Å²) in [5.41, 5.74) is 0.740. The molecule has 0 radical (unpaired) electrons. The molecule has 0 saturated carbocycles. The highest BCUT2D eigenvalue weighted by atomic mass is 16.6. The lowest BCUT2D eigenvalue weighted by molar-refractivity contribution is -0.385. The van der Waals surface area contributed by atoms with Gasteiger partial charge in [0.15, 0.2) is 0 Å². The lowest BCUT2D eigenvalue weighted by Crippen LogP contribution is -1.94. The fourth-order valence-corrected chi connectivity index (χ4v) is 1.45. The van der Waals surface area contributed by atoms with Gasteiger partial charge < -0.3 is 4.74 Å². The summed E-state index contributed by atoms with van der Waals surface area (Å²) in [5.74, 6) is 0. The molecule has 1 aromatic rings. The first kappa shape index (κ1) is 8.90. The maximum absolute atomic E-state index is 10.7. The van der Waals surface area contributed by atoms with Crippen LogP contribution < -0.4 is 0 Å². The van der Waals surface area contributed by atoms with Gasteiger partial charge in [-0.1, -0.05) is 18.2 Å². The Hall–Kier alpha value is -1.68. The number of rotatable bonds is 3. The summed E-state index contributed by atoms with van der Waals surface area (Å²) in [4.78, 5) is 10.3. The van der Waals surface area contributed by atoms with E-state index >= 15 is 0 Å². The van der Waals surface area contributed by atoms with Gasteiger partial charge in [-0.05, 0) is 6.07 Å². The normalized spacial score (nSPS) is 24.3. The summed E-state index contributed by atoms with van der Waals surface area (Å²) in [5, 5.41) is 10.7. The van der Waals surface area contributed by atoms with Gasteiger partial charge in [-0.2, -0.15) is 0 Å². The molecule has 0 N–H and O–H groups in total. The second-order valence-corrected chi connectivity index (χ2v) is 3.07. The molecule has 0 spiro atoms. The molecule has 4 heteroatoms. The summed E-state index contributed by atoms with van der Waals surface area (Å²) in [6.07, 6.45) is 1.40. The van der Waals surface area contributed by atoms with Crippen LogP contribution in [-0.2, 0) is 4.74 Å². The molecule has 2 rings (SSSR count). The number of ether oxygens (including phenoxy) is 1. The summed E-state index contributed by atoms with van der Waals surface area (Å²) in [7, 11) is 0. The van der Waals surface area contributed by atoms with Crippen molar-refractivity contribution in [3.05, 3.63) is 52.6 Å². The van der Waals surface area contributed by atoms with Crippen LogP contribution >= 0.6 is 0 Å². The third kappa shape index (κ3) is 1.40. The first-order valence-electron chi connectivity index (χ1n) is 4.25. The number of nitro benzene ring substituents is 1. The highest BCUT2D eigenvalue weighted by molar-refractivity contribution is 5.44. The largest absolute Gasteiger partial charge is 0.360 e. The van der Waals surface area contributed by atoms with Crippen molar-refractivity contribution in [2.45, 2.75) is 12.2 Å². The fourth-order valence-electron chi connectivity index (χ4n) is 1.45. The minimum atomic E-state index is -0.392. The minimum absolute atomic E-state index is 0.0731. The smallest absolute Gasteiger partial charge is 0.275 e. The molecule has 0 aromatic heterocycles. The number of para-hydroxylation sites is 1. The van der Waals surface area contributed by atoms with E-state index in [1.165, 1.54) is 6.07 Å². The number of epoxide rings is 1. The lowest BCUT2D eigenvalue weighted by Gasteiger charge is -1.97. The van der Waals surface area contributed by atoms with Crippen LogP contribution in [-0.4, -0.2) is 11.0 Å². The van der Waals surface area contributed by atoms with E-state index in [1.807, 2.05) is 0 Å². The molecule has 72 valence electrons. The Kier molecular flexibility index (Phi) is 2.05. The number of nitrogens with zero attached hydrogens (tertiary/aromatic N) is 1. The van der Waals surface area contributed by atoms with Crippen LogP contribution in [0.4, 0.5) is 5.69 Å². The van der Waals surface area contributed by atoms with E-state index in [4.69, 9.17) is 4.74 Å².